The van der Waals surface area contributed by atoms with Crippen LogP contribution in [0.3, 0.4) is 0 Å². The van der Waals surface area contributed by atoms with Crippen molar-refractivity contribution in [1.82, 2.24) is 10.0 Å². The van der Waals surface area contributed by atoms with Crippen molar-refractivity contribution in [3.05, 3.63) is 0 Å². The molecule has 2 rings (SSSR count). The van der Waals surface area contributed by atoms with Gasteiger partial charge in [-0.2, -0.15) is 0 Å². The van der Waals surface area contributed by atoms with Crippen LogP contribution in [0.2, 0.25) is 0 Å². The predicted octanol–water partition coefficient (Wildman–Crippen LogP) is 2.15. The minimum absolute atomic E-state index is 0.236. The van der Waals surface area contributed by atoms with E-state index in [0.717, 1.165) is 38.5 Å². The van der Waals surface area contributed by atoms with Crippen LogP contribution < -0.4 is 10.0 Å². The normalized spacial score (nSPS) is 21.6. The van der Waals surface area contributed by atoms with E-state index >= 15 is 0 Å². The first-order valence-corrected chi connectivity index (χ1v) is 9.70. The van der Waals surface area contributed by atoms with Crippen molar-refractivity contribution in [1.29, 1.82) is 0 Å². The lowest BCUT2D eigenvalue weighted by atomic mass is 9.99. The number of alkyl carbamates (subject to hydrolysis) is 1. The Morgan fingerprint density at radius 2 is 1.77 bits per heavy atom. The molecule has 2 N–H and O–H groups in total. The highest BCUT2D eigenvalue weighted by molar-refractivity contribution is 7.90. The van der Waals surface area contributed by atoms with Gasteiger partial charge in [-0.15, -0.1) is 0 Å². The van der Waals surface area contributed by atoms with Crippen molar-refractivity contribution in [2.75, 3.05) is 6.54 Å². The number of hydrogen-bond donors (Lipinski definition) is 2. The number of carbonyl (C=O) groups is 1. The molecule has 2 saturated carbocycles. The standard InChI is InChI=1S/C15H28N2O4S/c1-15(2,3)21-14(18)16-10-13(11-6-4-5-7-11)17-22(19,20)12-8-9-12/h11-13,17H,4-10H2,1-3H3,(H,16,18). The Balaban J connectivity index is 1.91. The minimum atomic E-state index is -3.25. The Labute approximate surface area is 133 Å². The smallest absolute Gasteiger partial charge is 0.407 e. The maximum Gasteiger partial charge on any atom is 0.407 e. The monoisotopic (exact) mass is 332 g/mol. The highest BCUT2D eigenvalue weighted by Gasteiger charge is 2.39. The van der Waals surface area contributed by atoms with Gasteiger partial charge in [-0.05, 0) is 52.4 Å². The van der Waals surface area contributed by atoms with E-state index in [1.807, 2.05) is 0 Å². The number of amides is 1. The van der Waals surface area contributed by atoms with Crippen molar-refractivity contribution in [2.45, 2.75) is 76.2 Å². The van der Waals surface area contributed by atoms with Crippen LogP contribution in [0, 0.1) is 5.92 Å². The van der Waals surface area contributed by atoms with Crippen LogP contribution in [0.25, 0.3) is 0 Å². The van der Waals surface area contributed by atoms with Gasteiger partial charge >= 0.3 is 6.09 Å². The topological polar surface area (TPSA) is 84.5 Å². The van der Waals surface area contributed by atoms with E-state index in [9.17, 15) is 13.2 Å². The van der Waals surface area contributed by atoms with Crippen molar-refractivity contribution in [3.63, 3.8) is 0 Å². The summed E-state index contributed by atoms with van der Waals surface area (Å²) in [7, 11) is -3.25. The summed E-state index contributed by atoms with van der Waals surface area (Å²) in [6.07, 6.45) is 5.25. The molecular weight excluding hydrogens is 304 g/mol. The number of carbonyl (C=O) groups excluding carboxylic acids is 1. The summed E-state index contributed by atoms with van der Waals surface area (Å²) in [6, 6.07) is -0.236. The predicted molar refractivity (Wildman–Crippen MR) is 85.1 cm³/mol. The molecule has 2 aliphatic rings. The molecule has 1 amide bonds. The molecule has 0 bridgehead atoms. The van der Waals surface area contributed by atoms with Gasteiger partial charge in [0.2, 0.25) is 10.0 Å². The molecule has 22 heavy (non-hydrogen) atoms. The SMILES string of the molecule is CC(C)(C)OC(=O)NCC(NS(=O)(=O)C1CC1)C1CCCC1. The van der Waals surface area contributed by atoms with E-state index in [1.165, 1.54) is 0 Å². The lowest BCUT2D eigenvalue weighted by Gasteiger charge is -2.26. The maximum absolute atomic E-state index is 12.2. The van der Waals surface area contributed by atoms with Gasteiger partial charge in [0.05, 0.1) is 5.25 Å². The minimum Gasteiger partial charge on any atom is -0.444 e. The van der Waals surface area contributed by atoms with E-state index in [0.29, 0.717) is 5.92 Å². The molecule has 0 saturated heterocycles. The first kappa shape index (κ1) is 17.5. The lowest BCUT2D eigenvalue weighted by Crippen LogP contribution is -2.49. The summed E-state index contributed by atoms with van der Waals surface area (Å²) in [5.74, 6) is 0.295. The second kappa shape index (κ2) is 6.74. The molecule has 7 heteroatoms. The average molecular weight is 332 g/mol. The van der Waals surface area contributed by atoms with E-state index in [-0.39, 0.29) is 17.8 Å². The number of sulfonamides is 1. The van der Waals surface area contributed by atoms with Crippen LogP contribution in [-0.2, 0) is 14.8 Å². The Hall–Kier alpha value is -0.820. The molecule has 1 unspecified atom stereocenters. The van der Waals surface area contributed by atoms with Crippen LogP contribution in [0.4, 0.5) is 4.79 Å². The van der Waals surface area contributed by atoms with Gasteiger partial charge < -0.3 is 10.1 Å². The summed E-state index contributed by atoms with van der Waals surface area (Å²) < 4.78 is 32.4. The van der Waals surface area contributed by atoms with Crippen LogP contribution in [-0.4, -0.2) is 37.9 Å². The number of ether oxygens (including phenoxy) is 1. The van der Waals surface area contributed by atoms with Crippen molar-refractivity contribution in [2.24, 2.45) is 5.92 Å². The van der Waals surface area contributed by atoms with E-state index in [2.05, 4.69) is 10.0 Å². The highest BCUT2D eigenvalue weighted by Crippen LogP contribution is 2.31. The molecule has 0 aromatic rings. The molecule has 0 aromatic carbocycles. The third-order valence-corrected chi connectivity index (χ3v) is 6.09. The largest absolute Gasteiger partial charge is 0.444 e. The van der Waals surface area contributed by atoms with Gasteiger partial charge in [-0.25, -0.2) is 17.9 Å². The average Bonchev–Trinajstić information content (AvgIpc) is 3.10. The Bertz CT molecular complexity index is 488. The molecule has 0 aromatic heterocycles. The molecular formula is C15H28N2O4S. The molecule has 0 aliphatic heterocycles. The zero-order valence-electron chi connectivity index (χ0n) is 13.7. The fraction of sp³-hybridized carbons (Fsp3) is 0.933. The van der Waals surface area contributed by atoms with E-state index in [4.69, 9.17) is 4.74 Å². The number of nitrogens with one attached hydrogen (secondary N) is 2. The first-order valence-electron chi connectivity index (χ1n) is 8.15. The summed E-state index contributed by atoms with van der Waals surface area (Å²) >= 11 is 0. The molecule has 2 fully saturated rings. The van der Waals surface area contributed by atoms with Crippen LogP contribution in [0.1, 0.15) is 59.3 Å². The second-order valence-electron chi connectivity index (χ2n) is 7.40. The summed E-state index contributed by atoms with van der Waals surface area (Å²) in [4.78, 5) is 11.8. The maximum atomic E-state index is 12.2. The zero-order valence-corrected chi connectivity index (χ0v) is 14.5. The van der Waals surface area contributed by atoms with Crippen LogP contribution >= 0.6 is 0 Å². The fourth-order valence-electron chi connectivity index (χ4n) is 2.86. The molecule has 0 radical (unpaired) electrons. The molecule has 2 aliphatic carbocycles. The van der Waals surface area contributed by atoms with E-state index in [1.54, 1.807) is 20.8 Å². The molecule has 6 nitrogen and oxygen atoms in total. The van der Waals surface area contributed by atoms with Gasteiger partial charge in [0.1, 0.15) is 5.60 Å². The van der Waals surface area contributed by atoms with Crippen molar-refractivity contribution >= 4 is 16.1 Å². The van der Waals surface area contributed by atoms with Crippen molar-refractivity contribution in [3.8, 4) is 0 Å². The van der Waals surface area contributed by atoms with E-state index < -0.39 is 21.7 Å². The number of rotatable bonds is 6. The molecule has 0 heterocycles. The van der Waals surface area contributed by atoms with Gasteiger partial charge in [0, 0.05) is 12.6 Å². The van der Waals surface area contributed by atoms with Gasteiger partial charge in [-0.1, -0.05) is 12.8 Å². The number of hydrogen-bond acceptors (Lipinski definition) is 4. The summed E-state index contributed by atoms with van der Waals surface area (Å²) in [5, 5.41) is 2.47. The highest BCUT2D eigenvalue weighted by atomic mass is 32.2. The van der Waals surface area contributed by atoms with Crippen LogP contribution in [0.15, 0.2) is 0 Å². The van der Waals surface area contributed by atoms with Crippen LogP contribution in [0.5, 0.6) is 0 Å². The Morgan fingerprint density at radius 1 is 1.18 bits per heavy atom. The summed E-state index contributed by atoms with van der Waals surface area (Å²) in [6.45, 7) is 5.69. The third kappa shape index (κ3) is 5.43. The third-order valence-electron chi connectivity index (χ3n) is 4.11. The molecule has 128 valence electrons. The quantitative estimate of drug-likeness (QED) is 0.780. The second-order valence-corrected chi connectivity index (χ2v) is 9.39. The van der Waals surface area contributed by atoms with Gasteiger partial charge in [0.25, 0.3) is 0 Å². The van der Waals surface area contributed by atoms with Gasteiger partial charge in [-0.3, -0.25) is 0 Å². The summed E-state index contributed by atoms with van der Waals surface area (Å²) in [5.41, 5.74) is -0.555. The zero-order chi connectivity index (χ0) is 16.4. The fourth-order valence-corrected chi connectivity index (χ4v) is 4.50. The first-order chi connectivity index (χ1) is 10.2. The lowest BCUT2D eigenvalue weighted by molar-refractivity contribution is 0.0520. The molecule has 1 atom stereocenters. The Morgan fingerprint density at radius 3 is 2.27 bits per heavy atom. The van der Waals surface area contributed by atoms with Crippen molar-refractivity contribution < 1.29 is 17.9 Å². The molecule has 0 spiro atoms. The van der Waals surface area contributed by atoms with Gasteiger partial charge in [0.15, 0.2) is 0 Å². The Kier molecular flexibility index (Phi) is 5.37.